The van der Waals surface area contributed by atoms with Crippen molar-refractivity contribution in [3.05, 3.63) is 24.3 Å². The molecule has 0 spiro atoms. The number of amides is 2. The van der Waals surface area contributed by atoms with Gasteiger partial charge in [-0.15, -0.1) is 0 Å². The maximum absolute atomic E-state index is 12.1. The quantitative estimate of drug-likeness (QED) is 0.817. The fourth-order valence-electron chi connectivity index (χ4n) is 2.58. The van der Waals surface area contributed by atoms with Crippen LogP contribution in [0, 0.1) is 0 Å². The summed E-state index contributed by atoms with van der Waals surface area (Å²) in [5.41, 5.74) is 0.811. The van der Waals surface area contributed by atoms with Crippen LogP contribution in [-0.4, -0.2) is 53.5 Å². The van der Waals surface area contributed by atoms with E-state index in [4.69, 9.17) is 9.84 Å². The number of carboxylic acids is 1. The predicted octanol–water partition coefficient (Wildman–Crippen LogP) is 1.51. The summed E-state index contributed by atoms with van der Waals surface area (Å²) in [4.78, 5) is 37.6. The van der Waals surface area contributed by atoms with Crippen LogP contribution < -0.4 is 9.64 Å². The molecule has 1 fully saturated rings. The fraction of sp³-hybridized carbons (Fsp3) is 0.471. The lowest BCUT2D eigenvalue weighted by atomic mass is 10.3. The highest BCUT2D eigenvalue weighted by molar-refractivity contribution is 5.95. The van der Waals surface area contributed by atoms with Crippen molar-refractivity contribution in [2.24, 2.45) is 0 Å². The summed E-state index contributed by atoms with van der Waals surface area (Å²) in [6.45, 7) is 3.64. The molecule has 130 valence electrons. The summed E-state index contributed by atoms with van der Waals surface area (Å²) < 4.78 is 5.44. The zero-order chi connectivity index (χ0) is 17.7. The lowest BCUT2D eigenvalue weighted by Crippen LogP contribution is -2.43. The maximum atomic E-state index is 12.1. The van der Waals surface area contributed by atoms with E-state index in [1.807, 2.05) is 0 Å². The molecule has 7 heteroatoms. The molecule has 1 aliphatic heterocycles. The molecule has 1 aliphatic rings. The molecule has 1 N–H and O–H groups in total. The Kier molecular flexibility index (Phi) is 5.78. The first-order chi connectivity index (χ1) is 11.4. The lowest BCUT2D eigenvalue weighted by molar-refractivity contribution is -0.146. The molecule has 0 bridgehead atoms. The third-order valence-electron chi connectivity index (χ3n) is 3.83. The number of nitrogens with zero attached hydrogens (tertiary/aromatic N) is 2. The van der Waals surface area contributed by atoms with Crippen LogP contribution in [0.5, 0.6) is 5.75 Å². The zero-order valence-electron chi connectivity index (χ0n) is 13.9. The van der Waals surface area contributed by atoms with Crippen molar-refractivity contribution in [1.82, 2.24) is 4.90 Å². The summed E-state index contributed by atoms with van der Waals surface area (Å²) in [5, 5.41) is 8.86. The van der Waals surface area contributed by atoms with Crippen LogP contribution in [0.1, 0.15) is 26.7 Å². The van der Waals surface area contributed by atoms with Gasteiger partial charge in [-0.3, -0.25) is 14.4 Å². The standard InChI is InChI=1S/C17H22N2O5/c1-12(2)19(10-17(22)23)16(21)11-24-14-7-5-13(6-8-14)18-9-3-4-15(18)20/h5-8,12H,3-4,9-11H2,1-2H3,(H,22,23). The predicted molar refractivity (Wildman–Crippen MR) is 88.0 cm³/mol. The number of ether oxygens (including phenoxy) is 1. The number of rotatable bonds is 7. The molecule has 1 saturated heterocycles. The summed E-state index contributed by atoms with van der Waals surface area (Å²) in [7, 11) is 0. The second-order valence-electron chi connectivity index (χ2n) is 5.94. The zero-order valence-corrected chi connectivity index (χ0v) is 13.9. The third kappa shape index (κ3) is 4.47. The van der Waals surface area contributed by atoms with Crippen LogP contribution in [0.25, 0.3) is 0 Å². The number of aliphatic carboxylic acids is 1. The molecule has 0 radical (unpaired) electrons. The first kappa shape index (κ1) is 17.8. The number of anilines is 1. The van der Waals surface area contributed by atoms with Crippen molar-refractivity contribution in [3.63, 3.8) is 0 Å². The van der Waals surface area contributed by atoms with E-state index in [1.54, 1.807) is 43.0 Å². The number of carboxylic acid groups (broad SMARTS) is 1. The Morgan fingerprint density at radius 3 is 2.46 bits per heavy atom. The van der Waals surface area contributed by atoms with Gasteiger partial charge in [0.1, 0.15) is 12.3 Å². The Bertz CT molecular complexity index is 612. The van der Waals surface area contributed by atoms with Crippen LogP contribution in [0.2, 0.25) is 0 Å². The van der Waals surface area contributed by atoms with Crippen molar-refractivity contribution in [2.45, 2.75) is 32.7 Å². The van der Waals surface area contributed by atoms with E-state index >= 15 is 0 Å². The van der Waals surface area contributed by atoms with E-state index < -0.39 is 5.97 Å². The summed E-state index contributed by atoms with van der Waals surface area (Å²) in [6, 6.07) is 6.73. The second-order valence-corrected chi connectivity index (χ2v) is 5.94. The highest BCUT2D eigenvalue weighted by atomic mass is 16.5. The summed E-state index contributed by atoms with van der Waals surface area (Å²) in [6.07, 6.45) is 1.43. The minimum Gasteiger partial charge on any atom is -0.484 e. The summed E-state index contributed by atoms with van der Waals surface area (Å²) >= 11 is 0. The van der Waals surface area contributed by atoms with Gasteiger partial charge in [-0.05, 0) is 44.5 Å². The lowest BCUT2D eigenvalue weighted by Gasteiger charge is -2.24. The van der Waals surface area contributed by atoms with Gasteiger partial charge in [0.05, 0.1) is 0 Å². The topological polar surface area (TPSA) is 87.2 Å². The van der Waals surface area contributed by atoms with Crippen LogP contribution in [0.4, 0.5) is 5.69 Å². The van der Waals surface area contributed by atoms with Gasteiger partial charge in [0, 0.05) is 24.7 Å². The molecule has 2 rings (SSSR count). The van der Waals surface area contributed by atoms with Crippen molar-refractivity contribution in [1.29, 1.82) is 0 Å². The van der Waals surface area contributed by atoms with E-state index in [0.717, 1.165) is 18.7 Å². The van der Waals surface area contributed by atoms with Crippen LogP contribution in [-0.2, 0) is 14.4 Å². The van der Waals surface area contributed by atoms with E-state index in [-0.39, 0.29) is 31.0 Å². The minimum atomic E-state index is -1.06. The third-order valence-corrected chi connectivity index (χ3v) is 3.83. The first-order valence-corrected chi connectivity index (χ1v) is 7.93. The molecule has 0 aromatic heterocycles. The number of hydrogen-bond donors (Lipinski definition) is 1. The number of carbonyl (C=O) groups excluding carboxylic acids is 2. The molecular weight excluding hydrogens is 312 g/mol. The summed E-state index contributed by atoms with van der Waals surface area (Å²) in [5.74, 6) is -0.833. The smallest absolute Gasteiger partial charge is 0.323 e. The van der Waals surface area contributed by atoms with E-state index in [1.165, 1.54) is 4.90 Å². The molecule has 7 nitrogen and oxygen atoms in total. The Morgan fingerprint density at radius 1 is 1.29 bits per heavy atom. The molecular formula is C17H22N2O5. The van der Waals surface area contributed by atoms with Gasteiger partial charge in [-0.2, -0.15) is 0 Å². The van der Waals surface area contributed by atoms with Gasteiger partial charge in [0.15, 0.2) is 6.61 Å². The maximum Gasteiger partial charge on any atom is 0.323 e. The fourth-order valence-corrected chi connectivity index (χ4v) is 2.58. The first-order valence-electron chi connectivity index (χ1n) is 7.93. The SMILES string of the molecule is CC(C)N(CC(=O)O)C(=O)COc1ccc(N2CCCC2=O)cc1. The van der Waals surface area contributed by atoms with Gasteiger partial charge in [0.25, 0.3) is 5.91 Å². The largest absolute Gasteiger partial charge is 0.484 e. The number of hydrogen-bond acceptors (Lipinski definition) is 4. The van der Waals surface area contributed by atoms with Crippen molar-refractivity contribution >= 4 is 23.5 Å². The monoisotopic (exact) mass is 334 g/mol. The number of benzene rings is 1. The average Bonchev–Trinajstić information content (AvgIpc) is 2.96. The van der Waals surface area contributed by atoms with Crippen LogP contribution in [0.15, 0.2) is 24.3 Å². The molecule has 0 atom stereocenters. The van der Waals surface area contributed by atoms with Gasteiger partial charge in [-0.1, -0.05) is 0 Å². The van der Waals surface area contributed by atoms with E-state index in [9.17, 15) is 14.4 Å². The molecule has 0 unspecified atom stereocenters. The highest BCUT2D eigenvalue weighted by Crippen LogP contribution is 2.23. The Morgan fingerprint density at radius 2 is 1.96 bits per heavy atom. The van der Waals surface area contributed by atoms with Crippen molar-refractivity contribution in [2.75, 3.05) is 24.6 Å². The van der Waals surface area contributed by atoms with Crippen LogP contribution >= 0.6 is 0 Å². The Labute approximate surface area is 140 Å². The van der Waals surface area contributed by atoms with Crippen LogP contribution in [0.3, 0.4) is 0 Å². The molecule has 1 aromatic carbocycles. The molecule has 1 heterocycles. The van der Waals surface area contributed by atoms with Gasteiger partial charge >= 0.3 is 5.97 Å². The molecule has 24 heavy (non-hydrogen) atoms. The van der Waals surface area contributed by atoms with Crippen molar-refractivity contribution < 1.29 is 24.2 Å². The molecule has 0 aliphatic carbocycles. The molecule has 2 amide bonds. The average molecular weight is 334 g/mol. The normalized spacial score (nSPS) is 14.1. The van der Waals surface area contributed by atoms with Gasteiger partial charge < -0.3 is 19.6 Å². The minimum absolute atomic E-state index is 0.111. The molecule has 1 aromatic rings. The Hall–Kier alpha value is -2.57. The van der Waals surface area contributed by atoms with Gasteiger partial charge in [0.2, 0.25) is 5.91 Å². The van der Waals surface area contributed by atoms with Crippen molar-refractivity contribution in [3.8, 4) is 5.75 Å². The number of carbonyl (C=O) groups is 3. The highest BCUT2D eigenvalue weighted by Gasteiger charge is 2.22. The van der Waals surface area contributed by atoms with E-state index in [2.05, 4.69) is 0 Å². The Balaban J connectivity index is 1.92. The molecule has 0 saturated carbocycles. The van der Waals surface area contributed by atoms with E-state index in [0.29, 0.717) is 12.2 Å². The second kappa shape index (κ2) is 7.81. The van der Waals surface area contributed by atoms with Gasteiger partial charge in [-0.25, -0.2) is 0 Å².